The van der Waals surface area contributed by atoms with Crippen LogP contribution in [0.4, 0.5) is 0 Å². The van der Waals surface area contributed by atoms with Crippen molar-refractivity contribution in [1.29, 1.82) is 0 Å². The normalized spacial score (nSPS) is 25.4. The summed E-state index contributed by atoms with van der Waals surface area (Å²) in [5.74, 6) is 1.51. The summed E-state index contributed by atoms with van der Waals surface area (Å²) in [5.41, 5.74) is 2.86. The molecule has 0 spiro atoms. The molecule has 6 heteroatoms. The summed E-state index contributed by atoms with van der Waals surface area (Å²) in [7, 11) is -2.40. The fourth-order valence-electron chi connectivity index (χ4n) is 6.51. The minimum absolute atomic E-state index is 0.0698. The third kappa shape index (κ3) is 11.1. The van der Waals surface area contributed by atoms with Crippen molar-refractivity contribution in [3.63, 3.8) is 0 Å². The van der Waals surface area contributed by atoms with Gasteiger partial charge in [0.05, 0.1) is 18.8 Å². The van der Waals surface area contributed by atoms with E-state index in [4.69, 9.17) is 13.6 Å². The highest BCUT2D eigenvalue weighted by molar-refractivity contribution is 6.74. The summed E-state index contributed by atoms with van der Waals surface area (Å²) in [6.07, 6.45) is 20.1. The summed E-state index contributed by atoms with van der Waals surface area (Å²) >= 11 is 0. The molecule has 0 unspecified atom stereocenters. The Bertz CT molecular complexity index is 1020. The van der Waals surface area contributed by atoms with Crippen LogP contribution < -0.4 is 0 Å². The molecule has 0 saturated heterocycles. The van der Waals surface area contributed by atoms with Gasteiger partial charge < -0.3 is 13.6 Å². The van der Waals surface area contributed by atoms with Crippen LogP contribution in [-0.4, -0.2) is 41.4 Å². The number of hydrogen-bond donors (Lipinski definition) is 0. The first-order valence-corrected chi connectivity index (χ1v) is 23.4. The highest BCUT2D eigenvalue weighted by Gasteiger charge is 2.56. The van der Waals surface area contributed by atoms with Crippen LogP contribution in [0.5, 0.6) is 0 Å². The molecule has 0 radical (unpaired) electrons. The van der Waals surface area contributed by atoms with Gasteiger partial charge in [-0.25, -0.2) is 0 Å². The standard InChI is InChI=1S/C38H70O4Si2/c1-29(2)18-17-19-30(3)26-33(41-43(11,12)36(4,5)6)23-22-32-24-25-38(42-44(13,14)37(7,8)9)28-31(27-34(32)38)20-15-16-21-35(39)40-10/h18,20,22-23,30,32-34H,15-17,19,21,24-28H2,1-14H3/b23-22-,31-20+/t30-,32-,33-,34+,38+/m1/s1. The monoisotopic (exact) mass is 646 g/mol. The van der Waals surface area contributed by atoms with E-state index in [-0.39, 0.29) is 27.8 Å². The predicted molar refractivity (Wildman–Crippen MR) is 194 cm³/mol. The van der Waals surface area contributed by atoms with Crippen LogP contribution >= 0.6 is 0 Å². The number of rotatable bonds is 15. The van der Waals surface area contributed by atoms with Crippen molar-refractivity contribution >= 4 is 22.6 Å². The third-order valence-corrected chi connectivity index (χ3v) is 20.3. The molecule has 0 bridgehead atoms. The van der Waals surface area contributed by atoms with E-state index in [0.717, 1.165) is 44.9 Å². The summed E-state index contributed by atoms with van der Waals surface area (Å²) in [6, 6.07) is 0. The minimum Gasteiger partial charge on any atom is -0.469 e. The number of methoxy groups -OCH3 is 1. The molecule has 0 aromatic carbocycles. The lowest BCUT2D eigenvalue weighted by molar-refractivity contribution is -0.140. The number of hydrogen-bond acceptors (Lipinski definition) is 4. The molecule has 5 atom stereocenters. The van der Waals surface area contributed by atoms with Gasteiger partial charge in [-0.05, 0) is 126 Å². The maximum atomic E-state index is 11.6. The SMILES string of the molecule is COC(=O)CCC/C=C1\C[C@H]2[C@H](/C=C\[C@H](C[C@H](C)CCC=C(C)C)O[Si](C)(C)C(C)(C)C)CC[C@]2(O[Si](C)(C)C(C)(C)C)C1. The second kappa shape index (κ2) is 15.8. The predicted octanol–water partition coefficient (Wildman–Crippen LogP) is 11.6. The van der Waals surface area contributed by atoms with Crippen LogP contribution in [0.1, 0.15) is 127 Å². The first-order valence-electron chi connectivity index (χ1n) is 17.6. The summed E-state index contributed by atoms with van der Waals surface area (Å²) in [4.78, 5) is 11.6. The van der Waals surface area contributed by atoms with Crippen molar-refractivity contribution in [3.05, 3.63) is 35.5 Å². The van der Waals surface area contributed by atoms with Crippen LogP contribution in [0.2, 0.25) is 36.3 Å². The zero-order valence-corrected chi connectivity index (χ0v) is 33.3. The van der Waals surface area contributed by atoms with Gasteiger partial charge in [-0.2, -0.15) is 0 Å². The van der Waals surface area contributed by atoms with Gasteiger partial charge >= 0.3 is 5.97 Å². The molecule has 2 aliphatic carbocycles. The van der Waals surface area contributed by atoms with E-state index in [2.05, 4.69) is 113 Å². The van der Waals surface area contributed by atoms with Crippen LogP contribution in [0.25, 0.3) is 0 Å². The van der Waals surface area contributed by atoms with Crippen molar-refractivity contribution < 1.29 is 18.4 Å². The third-order valence-electron chi connectivity index (χ3n) is 11.3. The Morgan fingerprint density at radius 2 is 1.66 bits per heavy atom. The Balaban J connectivity index is 2.32. The Labute approximate surface area is 275 Å². The highest BCUT2D eigenvalue weighted by Crippen LogP contribution is 2.58. The van der Waals surface area contributed by atoms with Gasteiger partial charge in [0.2, 0.25) is 0 Å². The number of esters is 1. The molecular formula is C38H70O4Si2. The number of allylic oxidation sites excluding steroid dienone is 4. The zero-order chi connectivity index (χ0) is 33.6. The zero-order valence-electron chi connectivity index (χ0n) is 31.3. The molecule has 2 saturated carbocycles. The topological polar surface area (TPSA) is 44.8 Å². The van der Waals surface area contributed by atoms with Gasteiger partial charge in [0.1, 0.15) is 0 Å². The molecular weight excluding hydrogens is 577 g/mol. The molecule has 0 aromatic heterocycles. The second-order valence-corrected chi connectivity index (χ2v) is 26.9. The van der Waals surface area contributed by atoms with Crippen molar-refractivity contribution in [2.75, 3.05) is 7.11 Å². The maximum Gasteiger partial charge on any atom is 0.305 e. The molecule has 0 amide bonds. The van der Waals surface area contributed by atoms with E-state index in [1.807, 2.05) is 0 Å². The van der Waals surface area contributed by atoms with Crippen molar-refractivity contribution in [1.82, 2.24) is 0 Å². The Morgan fingerprint density at radius 1 is 1.02 bits per heavy atom. The number of ether oxygens (including phenoxy) is 1. The first kappa shape index (κ1) is 39.2. The lowest BCUT2D eigenvalue weighted by atomic mass is 9.88. The molecule has 0 N–H and O–H groups in total. The van der Waals surface area contributed by atoms with E-state index in [1.54, 1.807) is 0 Å². The van der Waals surface area contributed by atoms with Gasteiger partial charge in [-0.15, -0.1) is 0 Å². The Hall–Kier alpha value is -0.956. The highest BCUT2D eigenvalue weighted by atomic mass is 28.4. The van der Waals surface area contributed by atoms with E-state index in [1.165, 1.54) is 31.1 Å². The largest absolute Gasteiger partial charge is 0.469 e. The smallest absolute Gasteiger partial charge is 0.305 e. The van der Waals surface area contributed by atoms with Crippen LogP contribution in [0, 0.1) is 17.8 Å². The molecule has 2 rings (SSSR count). The van der Waals surface area contributed by atoms with E-state index in [9.17, 15) is 4.79 Å². The van der Waals surface area contributed by atoms with Crippen LogP contribution in [0.3, 0.4) is 0 Å². The van der Waals surface area contributed by atoms with Gasteiger partial charge in [-0.1, -0.05) is 83.9 Å². The maximum absolute atomic E-state index is 11.6. The number of carbonyl (C=O) groups is 1. The first-order chi connectivity index (χ1) is 20.1. The number of carbonyl (C=O) groups excluding carboxylic acids is 1. The molecule has 0 aromatic rings. The molecule has 2 fully saturated rings. The van der Waals surface area contributed by atoms with E-state index >= 15 is 0 Å². The summed E-state index contributed by atoms with van der Waals surface area (Å²) in [5, 5.41) is 0.361. The number of fused-ring (bicyclic) bond motifs is 1. The summed E-state index contributed by atoms with van der Waals surface area (Å²) in [6.45, 7) is 30.5. The molecule has 4 nitrogen and oxygen atoms in total. The van der Waals surface area contributed by atoms with E-state index in [0.29, 0.717) is 24.2 Å². The molecule has 44 heavy (non-hydrogen) atoms. The van der Waals surface area contributed by atoms with Gasteiger partial charge in [0.15, 0.2) is 16.6 Å². The quantitative estimate of drug-likeness (QED) is 0.0768. The van der Waals surface area contributed by atoms with Gasteiger partial charge in [0.25, 0.3) is 0 Å². The molecule has 254 valence electrons. The van der Waals surface area contributed by atoms with E-state index < -0.39 is 16.6 Å². The molecule has 2 aliphatic rings. The lowest BCUT2D eigenvalue weighted by Crippen LogP contribution is -2.50. The summed E-state index contributed by atoms with van der Waals surface area (Å²) < 4.78 is 19.4. The Kier molecular flexibility index (Phi) is 14.0. The van der Waals surface area contributed by atoms with Crippen molar-refractivity contribution in [2.45, 2.75) is 174 Å². The lowest BCUT2D eigenvalue weighted by Gasteiger charge is -2.45. The van der Waals surface area contributed by atoms with Gasteiger partial charge in [0, 0.05) is 6.42 Å². The van der Waals surface area contributed by atoms with Crippen molar-refractivity contribution in [3.8, 4) is 0 Å². The fraction of sp³-hybridized carbons (Fsp3) is 0.816. The second-order valence-electron chi connectivity index (χ2n) is 17.4. The molecule has 0 heterocycles. The van der Waals surface area contributed by atoms with Gasteiger partial charge in [-0.3, -0.25) is 4.79 Å². The fourth-order valence-corrected chi connectivity index (χ4v) is 9.44. The molecule has 0 aliphatic heterocycles. The van der Waals surface area contributed by atoms with Crippen LogP contribution in [-0.2, 0) is 18.4 Å². The average molecular weight is 647 g/mol. The minimum atomic E-state index is -1.96. The number of unbranched alkanes of at least 4 members (excludes halogenated alkanes) is 1. The average Bonchev–Trinajstić information content (AvgIpc) is 3.37. The Morgan fingerprint density at radius 3 is 2.23 bits per heavy atom. The van der Waals surface area contributed by atoms with Crippen LogP contribution in [0.15, 0.2) is 35.5 Å². The van der Waals surface area contributed by atoms with Crippen molar-refractivity contribution in [2.24, 2.45) is 17.8 Å².